The molecule has 1 heterocycles. The summed E-state index contributed by atoms with van der Waals surface area (Å²) in [7, 11) is 0. The SMILES string of the molecule is CC.CC.CCCCCC1C(OC(=O)CCC(=O)OC2O[C@H](CO)[C@@H](O)[C@H](O)[C@H]2O)CC(=O)C1CCCCCCC(=O)O. The Labute approximate surface area is 256 Å². The van der Waals surface area contributed by atoms with E-state index >= 15 is 0 Å². The van der Waals surface area contributed by atoms with Gasteiger partial charge in [0.25, 0.3) is 0 Å². The molecular formula is C31H56O12. The van der Waals surface area contributed by atoms with E-state index < -0.39 is 67.7 Å². The van der Waals surface area contributed by atoms with Crippen LogP contribution in [0.25, 0.3) is 0 Å². The number of ketones is 1. The maximum absolute atomic E-state index is 12.8. The molecule has 0 spiro atoms. The van der Waals surface area contributed by atoms with Gasteiger partial charge in [-0.2, -0.15) is 0 Å². The van der Waals surface area contributed by atoms with Crippen LogP contribution in [-0.4, -0.2) is 92.6 Å². The number of carbonyl (C=O) groups excluding carboxylic acids is 3. The van der Waals surface area contributed by atoms with Crippen molar-refractivity contribution >= 4 is 23.7 Å². The van der Waals surface area contributed by atoms with Crippen molar-refractivity contribution in [3.05, 3.63) is 0 Å². The van der Waals surface area contributed by atoms with Crippen molar-refractivity contribution in [1.29, 1.82) is 0 Å². The quantitative estimate of drug-likeness (QED) is 0.118. The maximum Gasteiger partial charge on any atom is 0.308 e. The maximum atomic E-state index is 12.8. The van der Waals surface area contributed by atoms with Crippen LogP contribution in [0.4, 0.5) is 0 Å². The molecule has 0 aromatic heterocycles. The number of hydrogen-bond donors (Lipinski definition) is 5. The van der Waals surface area contributed by atoms with Crippen LogP contribution in [-0.2, 0) is 33.4 Å². The van der Waals surface area contributed by atoms with Crippen molar-refractivity contribution in [2.75, 3.05) is 6.61 Å². The molecule has 12 heteroatoms. The molecule has 4 unspecified atom stereocenters. The number of hydrogen-bond acceptors (Lipinski definition) is 11. The standard InChI is InChI=1S/C27H44O12.2C2H6/c1-2-3-6-10-17-16(9-7-4-5-8-11-21(30)31)18(29)14-19(17)37-22(32)12-13-23(33)39-27-26(36)25(35)24(34)20(15-28)38-27;2*1-2/h16-17,19-20,24-28,34-36H,2-15H2,1H3,(H,30,31);2*1-2H3/t16?,17?,19?,20-,24-,25+,26-,27?;;/m1../s1. The highest BCUT2D eigenvalue weighted by molar-refractivity contribution is 5.85. The Morgan fingerprint density at radius 1 is 0.791 bits per heavy atom. The highest BCUT2D eigenvalue weighted by Crippen LogP contribution is 2.38. The summed E-state index contributed by atoms with van der Waals surface area (Å²) in [6.45, 7) is 9.41. The van der Waals surface area contributed by atoms with Crippen LogP contribution in [0.3, 0.4) is 0 Å². The van der Waals surface area contributed by atoms with Gasteiger partial charge in [0.15, 0.2) is 0 Å². The summed E-state index contributed by atoms with van der Waals surface area (Å²) >= 11 is 0. The molecule has 2 aliphatic rings. The Hall–Kier alpha value is -2.12. The van der Waals surface area contributed by atoms with Crippen molar-refractivity contribution < 1.29 is 58.9 Å². The van der Waals surface area contributed by atoms with Gasteiger partial charge >= 0.3 is 17.9 Å². The molecule has 1 saturated heterocycles. The molecule has 0 aromatic rings. The van der Waals surface area contributed by atoms with Gasteiger partial charge < -0.3 is 39.7 Å². The molecule has 8 atom stereocenters. The summed E-state index contributed by atoms with van der Waals surface area (Å²) < 4.78 is 15.8. The Morgan fingerprint density at radius 2 is 1.37 bits per heavy atom. The largest absolute Gasteiger partial charge is 0.481 e. The highest BCUT2D eigenvalue weighted by Gasteiger charge is 2.46. The van der Waals surface area contributed by atoms with Gasteiger partial charge in [-0.05, 0) is 19.3 Å². The van der Waals surface area contributed by atoms with Gasteiger partial charge in [0.05, 0.1) is 19.4 Å². The molecule has 0 amide bonds. The van der Waals surface area contributed by atoms with E-state index in [4.69, 9.17) is 19.3 Å². The van der Waals surface area contributed by atoms with Crippen molar-refractivity contribution in [2.45, 2.75) is 155 Å². The van der Waals surface area contributed by atoms with Crippen molar-refractivity contribution in [1.82, 2.24) is 0 Å². The van der Waals surface area contributed by atoms with Crippen LogP contribution < -0.4 is 0 Å². The van der Waals surface area contributed by atoms with Crippen LogP contribution >= 0.6 is 0 Å². The van der Waals surface area contributed by atoms with E-state index in [1.807, 2.05) is 27.7 Å². The predicted octanol–water partition coefficient (Wildman–Crippen LogP) is 3.28. The minimum absolute atomic E-state index is 0.0573. The molecule has 2 fully saturated rings. The smallest absolute Gasteiger partial charge is 0.308 e. The number of aliphatic hydroxyl groups excluding tert-OH is 4. The van der Waals surface area contributed by atoms with Crippen molar-refractivity contribution in [3.8, 4) is 0 Å². The number of carboxylic acid groups (broad SMARTS) is 1. The number of rotatable bonds is 17. The average molecular weight is 621 g/mol. The Bertz CT molecular complexity index is 802. The van der Waals surface area contributed by atoms with Crippen LogP contribution in [0.2, 0.25) is 0 Å². The fourth-order valence-electron chi connectivity index (χ4n) is 5.30. The Balaban J connectivity index is 0.00000422. The van der Waals surface area contributed by atoms with Gasteiger partial charge in [-0.25, -0.2) is 0 Å². The second-order valence-electron chi connectivity index (χ2n) is 10.5. The van der Waals surface area contributed by atoms with Gasteiger partial charge in [-0.15, -0.1) is 0 Å². The van der Waals surface area contributed by atoms with E-state index in [1.165, 1.54) is 0 Å². The number of ether oxygens (including phenoxy) is 3. The molecule has 0 bridgehead atoms. The fraction of sp³-hybridized carbons (Fsp3) is 0.871. The Morgan fingerprint density at radius 3 is 1.95 bits per heavy atom. The normalized spacial score (nSPS) is 28.2. The number of aliphatic hydroxyl groups is 4. The number of esters is 2. The van der Waals surface area contributed by atoms with E-state index in [2.05, 4.69) is 6.92 Å². The lowest BCUT2D eigenvalue weighted by molar-refractivity contribution is -0.292. The third-order valence-corrected chi connectivity index (χ3v) is 7.52. The molecule has 5 N–H and O–H groups in total. The molecule has 1 aliphatic carbocycles. The third-order valence-electron chi connectivity index (χ3n) is 7.52. The molecule has 12 nitrogen and oxygen atoms in total. The fourth-order valence-corrected chi connectivity index (χ4v) is 5.30. The number of carboxylic acids is 1. The topological polar surface area (TPSA) is 197 Å². The van der Waals surface area contributed by atoms with Crippen LogP contribution in [0.15, 0.2) is 0 Å². The first kappa shape index (κ1) is 40.9. The lowest BCUT2D eigenvalue weighted by atomic mass is 9.85. The lowest BCUT2D eigenvalue weighted by Gasteiger charge is -2.39. The van der Waals surface area contributed by atoms with Gasteiger partial charge in [0.2, 0.25) is 6.29 Å². The van der Waals surface area contributed by atoms with E-state index in [9.17, 15) is 39.6 Å². The summed E-state index contributed by atoms with van der Waals surface area (Å²) in [5.41, 5.74) is 0. The summed E-state index contributed by atoms with van der Waals surface area (Å²) in [4.78, 5) is 48.3. The summed E-state index contributed by atoms with van der Waals surface area (Å²) in [5.74, 6) is -2.64. The molecule has 252 valence electrons. The molecule has 0 aromatic carbocycles. The lowest BCUT2D eigenvalue weighted by Crippen LogP contribution is -2.59. The zero-order valence-corrected chi connectivity index (χ0v) is 26.6. The van der Waals surface area contributed by atoms with Crippen molar-refractivity contribution in [2.24, 2.45) is 11.8 Å². The molecule has 1 saturated carbocycles. The average Bonchev–Trinajstić information content (AvgIpc) is 3.29. The number of aliphatic carboxylic acids is 1. The van der Waals surface area contributed by atoms with Gasteiger partial charge in [0, 0.05) is 24.7 Å². The molecular weight excluding hydrogens is 564 g/mol. The monoisotopic (exact) mass is 620 g/mol. The summed E-state index contributed by atoms with van der Waals surface area (Å²) in [6.07, 6.45) is -1.54. The van der Waals surface area contributed by atoms with Gasteiger partial charge in [0.1, 0.15) is 36.3 Å². The first-order chi connectivity index (χ1) is 20.6. The number of carbonyl (C=O) groups is 4. The van der Waals surface area contributed by atoms with Crippen LogP contribution in [0, 0.1) is 11.8 Å². The molecule has 43 heavy (non-hydrogen) atoms. The number of Topliss-reactive ketones (excluding diaryl/α,β-unsaturated/α-hetero) is 1. The Kier molecular flexibility index (Phi) is 22.1. The van der Waals surface area contributed by atoms with Gasteiger partial charge in [-0.3, -0.25) is 19.2 Å². The second-order valence-corrected chi connectivity index (χ2v) is 10.5. The summed E-state index contributed by atoms with van der Waals surface area (Å²) in [5, 5.41) is 47.6. The first-order valence-electron chi connectivity index (χ1n) is 16.0. The third kappa shape index (κ3) is 14.5. The van der Waals surface area contributed by atoms with Crippen LogP contribution in [0.5, 0.6) is 0 Å². The molecule has 0 radical (unpaired) electrons. The van der Waals surface area contributed by atoms with E-state index in [0.717, 1.165) is 44.9 Å². The van der Waals surface area contributed by atoms with Crippen molar-refractivity contribution in [3.63, 3.8) is 0 Å². The zero-order chi connectivity index (χ0) is 32.9. The van der Waals surface area contributed by atoms with E-state index in [1.54, 1.807) is 0 Å². The van der Waals surface area contributed by atoms with E-state index in [0.29, 0.717) is 12.8 Å². The zero-order valence-electron chi connectivity index (χ0n) is 26.6. The predicted molar refractivity (Wildman–Crippen MR) is 158 cm³/mol. The summed E-state index contributed by atoms with van der Waals surface area (Å²) in [6, 6.07) is 0. The minimum atomic E-state index is -1.74. The second kappa shape index (κ2) is 23.3. The van der Waals surface area contributed by atoms with Gasteiger partial charge in [-0.1, -0.05) is 73.1 Å². The highest BCUT2D eigenvalue weighted by atomic mass is 16.7. The van der Waals surface area contributed by atoms with E-state index in [-0.39, 0.29) is 36.9 Å². The minimum Gasteiger partial charge on any atom is -0.481 e. The number of unbranched alkanes of at least 4 members (excludes halogenated alkanes) is 5. The molecule has 2 rings (SSSR count). The van der Waals surface area contributed by atoms with Crippen LogP contribution in [0.1, 0.15) is 118 Å². The first-order valence-corrected chi connectivity index (χ1v) is 16.0. The molecule has 1 aliphatic heterocycles.